The third kappa shape index (κ3) is 4.89. The third-order valence-electron chi connectivity index (χ3n) is 4.98. The van der Waals surface area contributed by atoms with Crippen molar-refractivity contribution in [1.29, 1.82) is 0 Å². The van der Waals surface area contributed by atoms with Crippen molar-refractivity contribution in [1.82, 2.24) is 9.88 Å². The number of carbonyl (C=O) groups is 1. The van der Waals surface area contributed by atoms with Crippen LogP contribution in [0.25, 0.3) is 11.3 Å². The van der Waals surface area contributed by atoms with Crippen LogP contribution in [0.2, 0.25) is 5.02 Å². The lowest BCUT2D eigenvalue weighted by molar-refractivity contribution is -0.121. The number of rotatable bonds is 5. The Hall–Kier alpha value is -2.26. The first kappa shape index (κ1) is 21.0. The minimum absolute atomic E-state index is 0.0571. The van der Waals surface area contributed by atoms with Crippen LogP contribution in [0.5, 0.6) is 0 Å². The fourth-order valence-electron chi connectivity index (χ4n) is 3.41. The first-order chi connectivity index (χ1) is 14.4. The highest BCUT2D eigenvalue weighted by molar-refractivity contribution is 7.91. The maximum atomic E-state index is 13.2. The zero-order chi connectivity index (χ0) is 21.1. The minimum atomic E-state index is -3.04. The van der Waals surface area contributed by atoms with Gasteiger partial charge in [0.2, 0.25) is 5.91 Å². The zero-order valence-corrected chi connectivity index (χ0v) is 18.4. The van der Waals surface area contributed by atoms with Gasteiger partial charge in [-0.3, -0.25) is 9.69 Å². The molecule has 0 bridgehead atoms. The largest absolute Gasteiger partial charge is 0.300 e. The first-order valence-corrected chi connectivity index (χ1v) is 12.5. The monoisotopic (exact) mass is 461 g/mol. The Kier molecular flexibility index (Phi) is 6.19. The van der Waals surface area contributed by atoms with Crippen LogP contribution in [0.15, 0.2) is 60.0 Å². The topological polar surface area (TPSA) is 79.4 Å². The molecule has 9 heteroatoms. The van der Waals surface area contributed by atoms with Crippen LogP contribution in [0, 0.1) is 0 Å². The number of amides is 1. The predicted molar refractivity (Wildman–Crippen MR) is 121 cm³/mol. The van der Waals surface area contributed by atoms with Gasteiger partial charge in [0.1, 0.15) is 6.04 Å². The molecule has 1 N–H and O–H groups in total. The second kappa shape index (κ2) is 8.85. The Labute approximate surface area is 184 Å². The molecular weight excluding hydrogens is 442 g/mol. The summed E-state index contributed by atoms with van der Waals surface area (Å²) in [5.74, 6) is -0.110. The van der Waals surface area contributed by atoms with E-state index < -0.39 is 15.9 Å². The van der Waals surface area contributed by atoms with Crippen molar-refractivity contribution in [2.75, 3.05) is 29.9 Å². The van der Waals surface area contributed by atoms with Gasteiger partial charge in [-0.05, 0) is 17.7 Å². The van der Waals surface area contributed by atoms with Gasteiger partial charge < -0.3 is 5.32 Å². The fourth-order valence-corrected chi connectivity index (χ4v) is 5.48. The third-order valence-corrected chi connectivity index (χ3v) is 7.60. The van der Waals surface area contributed by atoms with Crippen LogP contribution in [-0.2, 0) is 14.6 Å². The number of aromatic nitrogens is 1. The lowest BCUT2D eigenvalue weighted by Crippen LogP contribution is -2.46. The van der Waals surface area contributed by atoms with Crippen LogP contribution in [0.3, 0.4) is 0 Å². The molecule has 156 valence electrons. The molecular formula is C21H20ClN3O3S2. The average molecular weight is 462 g/mol. The standard InChI is InChI=1S/C21H20ClN3O3S2/c22-17-8-6-15(7-9-17)18-14-29-21(23-18)24-20(26)19(16-4-2-1-3-5-16)25-10-12-30(27,28)13-11-25/h1-9,14,19H,10-13H2,(H,23,24,26). The van der Waals surface area contributed by atoms with E-state index in [2.05, 4.69) is 10.3 Å². The van der Waals surface area contributed by atoms with Gasteiger partial charge in [0.15, 0.2) is 15.0 Å². The number of anilines is 1. The Bertz CT molecular complexity index is 1120. The van der Waals surface area contributed by atoms with Gasteiger partial charge in [-0.25, -0.2) is 13.4 Å². The lowest BCUT2D eigenvalue weighted by Gasteiger charge is -2.33. The lowest BCUT2D eigenvalue weighted by atomic mass is 10.0. The first-order valence-electron chi connectivity index (χ1n) is 9.43. The number of hydrogen-bond acceptors (Lipinski definition) is 6. The van der Waals surface area contributed by atoms with Gasteiger partial charge in [0, 0.05) is 29.1 Å². The second-order valence-electron chi connectivity index (χ2n) is 7.04. The van der Waals surface area contributed by atoms with Crippen molar-refractivity contribution in [2.24, 2.45) is 0 Å². The van der Waals surface area contributed by atoms with Crippen molar-refractivity contribution in [3.8, 4) is 11.3 Å². The highest BCUT2D eigenvalue weighted by atomic mass is 35.5. The molecule has 1 amide bonds. The number of nitrogens with zero attached hydrogens (tertiary/aromatic N) is 2. The summed E-state index contributed by atoms with van der Waals surface area (Å²) in [6.45, 7) is 0.645. The van der Waals surface area contributed by atoms with E-state index in [0.29, 0.717) is 23.2 Å². The van der Waals surface area contributed by atoms with Crippen LogP contribution < -0.4 is 5.32 Å². The SMILES string of the molecule is O=C(Nc1nc(-c2ccc(Cl)cc2)cs1)C(c1ccccc1)N1CCS(=O)(=O)CC1. The molecule has 0 aliphatic carbocycles. The van der Waals surface area contributed by atoms with E-state index in [-0.39, 0.29) is 17.4 Å². The van der Waals surface area contributed by atoms with Crippen molar-refractivity contribution < 1.29 is 13.2 Å². The van der Waals surface area contributed by atoms with Crippen molar-refractivity contribution in [3.63, 3.8) is 0 Å². The van der Waals surface area contributed by atoms with E-state index in [0.717, 1.165) is 16.8 Å². The number of hydrogen-bond donors (Lipinski definition) is 1. The van der Waals surface area contributed by atoms with E-state index in [4.69, 9.17) is 11.6 Å². The Morgan fingerprint density at radius 2 is 1.73 bits per heavy atom. The van der Waals surface area contributed by atoms with Crippen LogP contribution in [0.4, 0.5) is 5.13 Å². The molecule has 1 saturated heterocycles. The molecule has 4 rings (SSSR count). The Morgan fingerprint density at radius 3 is 2.40 bits per heavy atom. The molecule has 1 aliphatic rings. The molecule has 1 aliphatic heterocycles. The molecule has 30 heavy (non-hydrogen) atoms. The fraction of sp³-hybridized carbons (Fsp3) is 0.238. The summed E-state index contributed by atoms with van der Waals surface area (Å²) >= 11 is 7.29. The molecule has 0 saturated carbocycles. The van der Waals surface area contributed by atoms with Gasteiger partial charge in [0.25, 0.3) is 0 Å². The Morgan fingerprint density at radius 1 is 1.07 bits per heavy atom. The normalized spacial score (nSPS) is 17.4. The zero-order valence-electron chi connectivity index (χ0n) is 16.0. The molecule has 6 nitrogen and oxygen atoms in total. The van der Waals surface area contributed by atoms with Gasteiger partial charge in [-0.1, -0.05) is 54.1 Å². The summed E-state index contributed by atoms with van der Waals surface area (Å²) in [4.78, 5) is 19.7. The van der Waals surface area contributed by atoms with Crippen molar-refractivity contribution in [3.05, 3.63) is 70.6 Å². The molecule has 2 aromatic carbocycles. The van der Waals surface area contributed by atoms with Crippen molar-refractivity contribution in [2.45, 2.75) is 6.04 Å². The maximum absolute atomic E-state index is 13.2. The number of nitrogens with one attached hydrogen (secondary N) is 1. The van der Waals surface area contributed by atoms with E-state index >= 15 is 0 Å². The van der Waals surface area contributed by atoms with Crippen LogP contribution in [-0.4, -0.2) is 48.8 Å². The number of halogens is 1. The Balaban J connectivity index is 1.54. The van der Waals surface area contributed by atoms with E-state index in [9.17, 15) is 13.2 Å². The molecule has 1 unspecified atom stereocenters. The summed E-state index contributed by atoms with van der Waals surface area (Å²) in [6.07, 6.45) is 0. The van der Waals surface area contributed by atoms with Gasteiger partial charge >= 0.3 is 0 Å². The summed E-state index contributed by atoms with van der Waals surface area (Å²) in [5.41, 5.74) is 2.49. The van der Waals surface area contributed by atoms with Crippen molar-refractivity contribution >= 4 is 43.8 Å². The average Bonchev–Trinajstić information content (AvgIpc) is 3.19. The van der Waals surface area contributed by atoms with Gasteiger partial charge in [-0.15, -0.1) is 11.3 Å². The van der Waals surface area contributed by atoms with E-state index in [1.54, 1.807) is 12.1 Å². The predicted octanol–water partition coefficient (Wildman–Crippen LogP) is 3.87. The number of sulfone groups is 1. The molecule has 3 aromatic rings. The minimum Gasteiger partial charge on any atom is -0.300 e. The van der Waals surface area contributed by atoms with E-state index in [1.165, 1.54) is 11.3 Å². The number of carbonyl (C=O) groups excluding carboxylic acids is 1. The molecule has 1 atom stereocenters. The summed E-state index contributed by atoms with van der Waals surface area (Å²) in [5, 5.41) is 5.94. The summed E-state index contributed by atoms with van der Waals surface area (Å²) in [6, 6.07) is 16.2. The number of benzene rings is 2. The second-order valence-corrected chi connectivity index (χ2v) is 10.6. The molecule has 0 radical (unpaired) electrons. The highest BCUT2D eigenvalue weighted by Crippen LogP contribution is 2.29. The van der Waals surface area contributed by atoms with Crippen LogP contribution in [0.1, 0.15) is 11.6 Å². The molecule has 1 aromatic heterocycles. The molecule has 0 spiro atoms. The molecule has 2 heterocycles. The summed E-state index contributed by atoms with van der Waals surface area (Å²) < 4.78 is 23.7. The quantitative estimate of drug-likeness (QED) is 0.623. The number of thiazole rings is 1. The van der Waals surface area contributed by atoms with Crippen LogP contribution >= 0.6 is 22.9 Å². The maximum Gasteiger partial charge on any atom is 0.248 e. The van der Waals surface area contributed by atoms with Gasteiger partial charge in [0.05, 0.1) is 17.2 Å². The smallest absolute Gasteiger partial charge is 0.248 e. The molecule has 1 fully saturated rings. The van der Waals surface area contributed by atoms with Gasteiger partial charge in [-0.2, -0.15) is 0 Å². The van der Waals surface area contributed by atoms with E-state index in [1.807, 2.05) is 52.7 Å². The highest BCUT2D eigenvalue weighted by Gasteiger charge is 2.32. The summed E-state index contributed by atoms with van der Waals surface area (Å²) in [7, 11) is -3.04.